The molecule has 1 amide bonds. The number of hydrogen-bond donors (Lipinski definition) is 2. The summed E-state index contributed by atoms with van der Waals surface area (Å²) in [6.07, 6.45) is 2.78. The Kier molecular flexibility index (Phi) is 4.93. The minimum atomic E-state index is -0.893. The van der Waals surface area contributed by atoms with Gasteiger partial charge in [-0.2, -0.15) is 0 Å². The molecule has 21 heavy (non-hydrogen) atoms. The monoisotopic (exact) mass is 297 g/mol. The molecule has 0 heterocycles. The van der Waals surface area contributed by atoms with Crippen molar-refractivity contribution in [2.45, 2.75) is 44.6 Å². The van der Waals surface area contributed by atoms with Crippen LogP contribution in [0.5, 0.6) is 0 Å². The maximum absolute atomic E-state index is 13.5. The first-order valence-corrected chi connectivity index (χ1v) is 7.31. The Labute approximate surface area is 123 Å². The van der Waals surface area contributed by atoms with Gasteiger partial charge in [-0.3, -0.25) is 4.79 Å². The van der Waals surface area contributed by atoms with Crippen molar-refractivity contribution in [2.24, 2.45) is 5.92 Å². The van der Waals surface area contributed by atoms with Crippen LogP contribution in [-0.2, 0) is 11.2 Å². The molecular formula is C16H21F2NO2. The number of carbonyl (C=O) groups is 1. The average Bonchev–Trinajstić information content (AvgIpc) is 2.45. The predicted octanol–water partition coefficient (Wildman–Crippen LogP) is 2.56. The van der Waals surface area contributed by atoms with Crippen molar-refractivity contribution >= 4 is 5.91 Å². The quantitative estimate of drug-likeness (QED) is 0.897. The third kappa shape index (κ3) is 4.24. The van der Waals surface area contributed by atoms with Crippen LogP contribution in [0.4, 0.5) is 8.78 Å². The van der Waals surface area contributed by atoms with Crippen LogP contribution >= 0.6 is 0 Å². The molecule has 0 aliphatic heterocycles. The molecule has 1 aliphatic rings. The molecule has 0 bridgehead atoms. The van der Waals surface area contributed by atoms with Crippen molar-refractivity contribution < 1.29 is 18.7 Å². The topological polar surface area (TPSA) is 49.3 Å². The first-order chi connectivity index (χ1) is 9.89. The maximum atomic E-state index is 13.5. The van der Waals surface area contributed by atoms with E-state index in [1.807, 2.05) is 0 Å². The highest BCUT2D eigenvalue weighted by Gasteiger charge is 2.32. The number of carbonyl (C=O) groups excluding carboxylic acids is 1. The molecule has 1 aromatic carbocycles. The first kappa shape index (κ1) is 15.9. The molecule has 116 valence electrons. The summed E-state index contributed by atoms with van der Waals surface area (Å²) in [5.74, 6) is -1.34. The second kappa shape index (κ2) is 6.52. The van der Waals surface area contributed by atoms with E-state index in [0.29, 0.717) is 18.8 Å². The van der Waals surface area contributed by atoms with E-state index in [9.17, 15) is 18.7 Å². The van der Waals surface area contributed by atoms with Crippen LogP contribution in [0, 0.1) is 17.6 Å². The Bertz CT molecular complexity index is 491. The lowest BCUT2D eigenvalue weighted by Gasteiger charge is -2.34. The van der Waals surface area contributed by atoms with Crippen molar-refractivity contribution in [1.82, 2.24) is 5.32 Å². The average molecular weight is 297 g/mol. The maximum Gasteiger partial charge on any atom is 0.224 e. The van der Waals surface area contributed by atoms with Gasteiger partial charge in [0, 0.05) is 12.1 Å². The summed E-state index contributed by atoms with van der Waals surface area (Å²) in [6.45, 7) is 2.27. The van der Waals surface area contributed by atoms with Crippen LogP contribution in [-0.4, -0.2) is 23.2 Å². The van der Waals surface area contributed by atoms with E-state index in [1.54, 1.807) is 0 Å². The van der Waals surface area contributed by atoms with Gasteiger partial charge in [-0.05, 0) is 43.7 Å². The van der Waals surface area contributed by atoms with Crippen LogP contribution in [0.2, 0.25) is 0 Å². The van der Waals surface area contributed by atoms with Gasteiger partial charge in [0.25, 0.3) is 0 Å². The van der Waals surface area contributed by atoms with Crippen LogP contribution in [0.15, 0.2) is 18.2 Å². The van der Waals surface area contributed by atoms with Crippen molar-refractivity contribution in [3.8, 4) is 0 Å². The summed E-state index contributed by atoms with van der Waals surface area (Å²) in [5, 5.41) is 12.9. The summed E-state index contributed by atoms with van der Waals surface area (Å²) >= 11 is 0. The molecule has 1 aromatic rings. The number of benzene rings is 1. The van der Waals surface area contributed by atoms with E-state index in [1.165, 1.54) is 6.07 Å². The van der Waals surface area contributed by atoms with Crippen LogP contribution < -0.4 is 5.32 Å². The second-order valence-electron chi connectivity index (χ2n) is 6.06. The molecule has 1 saturated carbocycles. The molecule has 2 rings (SSSR count). The molecule has 3 nitrogen and oxygen atoms in total. The highest BCUT2D eigenvalue weighted by atomic mass is 19.1. The second-order valence-corrected chi connectivity index (χ2v) is 6.06. The SMILES string of the molecule is CC1CCC(O)(CNC(=O)Cc2c(F)cccc2F)CC1. The molecule has 0 atom stereocenters. The number of aliphatic hydroxyl groups is 1. The largest absolute Gasteiger partial charge is 0.388 e. The zero-order chi connectivity index (χ0) is 15.5. The lowest BCUT2D eigenvalue weighted by atomic mass is 9.79. The highest BCUT2D eigenvalue weighted by molar-refractivity contribution is 5.78. The molecule has 1 fully saturated rings. The number of rotatable bonds is 4. The van der Waals surface area contributed by atoms with Crippen molar-refractivity contribution in [2.75, 3.05) is 6.54 Å². The summed E-state index contributed by atoms with van der Waals surface area (Å²) in [7, 11) is 0. The third-order valence-electron chi connectivity index (χ3n) is 4.22. The van der Waals surface area contributed by atoms with Gasteiger partial charge in [0.2, 0.25) is 5.91 Å². The zero-order valence-corrected chi connectivity index (χ0v) is 12.2. The smallest absolute Gasteiger partial charge is 0.224 e. The molecule has 0 saturated heterocycles. The van der Waals surface area contributed by atoms with Crippen LogP contribution in [0.25, 0.3) is 0 Å². The molecule has 0 radical (unpaired) electrons. The number of nitrogens with one attached hydrogen (secondary N) is 1. The van der Waals surface area contributed by atoms with Gasteiger partial charge in [0.05, 0.1) is 12.0 Å². The van der Waals surface area contributed by atoms with Gasteiger partial charge in [-0.15, -0.1) is 0 Å². The zero-order valence-electron chi connectivity index (χ0n) is 12.2. The van der Waals surface area contributed by atoms with Gasteiger partial charge in [-0.25, -0.2) is 8.78 Å². The van der Waals surface area contributed by atoms with Gasteiger partial charge >= 0.3 is 0 Å². The molecule has 1 aliphatic carbocycles. The summed E-state index contributed by atoms with van der Waals surface area (Å²) < 4.78 is 26.9. The fourth-order valence-corrected chi connectivity index (χ4v) is 2.66. The Hall–Kier alpha value is -1.49. The van der Waals surface area contributed by atoms with Crippen molar-refractivity contribution in [1.29, 1.82) is 0 Å². The van der Waals surface area contributed by atoms with Gasteiger partial charge < -0.3 is 10.4 Å². The van der Waals surface area contributed by atoms with E-state index in [2.05, 4.69) is 12.2 Å². The molecule has 2 N–H and O–H groups in total. The number of amides is 1. The minimum Gasteiger partial charge on any atom is -0.388 e. The Balaban J connectivity index is 1.88. The lowest BCUT2D eigenvalue weighted by molar-refractivity contribution is -0.122. The van der Waals surface area contributed by atoms with Gasteiger partial charge in [0.15, 0.2) is 0 Å². The van der Waals surface area contributed by atoms with E-state index >= 15 is 0 Å². The Morgan fingerprint density at radius 1 is 1.33 bits per heavy atom. The van der Waals surface area contributed by atoms with E-state index in [4.69, 9.17) is 0 Å². The van der Waals surface area contributed by atoms with E-state index in [0.717, 1.165) is 25.0 Å². The van der Waals surface area contributed by atoms with Crippen molar-refractivity contribution in [3.63, 3.8) is 0 Å². The standard InChI is InChI=1S/C16H21F2NO2/c1-11-5-7-16(21,8-6-11)10-19-15(20)9-12-13(17)3-2-4-14(12)18/h2-4,11,21H,5-10H2,1H3,(H,19,20). The van der Waals surface area contributed by atoms with Gasteiger partial charge in [0.1, 0.15) is 11.6 Å². The Morgan fingerprint density at radius 3 is 2.48 bits per heavy atom. The molecule has 0 unspecified atom stereocenters. The summed E-state index contributed by atoms with van der Waals surface area (Å²) in [5.41, 5.74) is -1.13. The molecular weight excluding hydrogens is 276 g/mol. The fourth-order valence-electron chi connectivity index (χ4n) is 2.66. The van der Waals surface area contributed by atoms with Crippen molar-refractivity contribution in [3.05, 3.63) is 35.4 Å². The van der Waals surface area contributed by atoms with Gasteiger partial charge in [-0.1, -0.05) is 13.0 Å². The lowest BCUT2D eigenvalue weighted by Crippen LogP contribution is -2.45. The van der Waals surface area contributed by atoms with E-state index in [-0.39, 0.29) is 18.5 Å². The normalized spacial score (nSPS) is 25.6. The predicted molar refractivity (Wildman–Crippen MR) is 75.7 cm³/mol. The van der Waals surface area contributed by atoms with E-state index < -0.39 is 23.1 Å². The number of halogens is 2. The molecule has 0 aromatic heterocycles. The molecule has 0 spiro atoms. The highest BCUT2D eigenvalue weighted by Crippen LogP contribution is 2.31. The summed E-state index contributed by atoms with van der Waals surface area (Å²) in [6, 6.07) is 3.52. The minimum absolute atomic E-state index is 0.134. The number of hydrogen-bond acceptors (Lipinski definition) is 2. The van der Waals surface area contributed by atoms with Crippen LogP contribution in [0.1, 0.15) is 38.2 Å². The van der Waals surface area contributed by atoms with Crippen LogP contribution in [0.3, 0.4) is 0 Å². The summed E-state index contributed by atoms with van der Waals surface area (Å²) in [4.78, 5) is 11.8. The first-order valence-electron chi connectivity index (χ1n) is 7.31. The Morgan fingerprint density at radius 2 is 1.90 bits per heavy atom. The molecule has 5 heteroatoms. The fraction of sp³-hybridized carbons (Fsp3) is 0.562. The third-order valence-corrected chi connectivity index (χ3v) is 4.22.